The molecule has 1 heterocycles. The molecular weight excluding hydrogens is 148 g/mol. The molecule has 11 heavy (non-hydrogen) atoms. The van der Waals surface area contributed by atoms with Crippen molar-refractivity contribution in [2.45, 2.75) is 6.92 Å². The fraction of sp³-hybridized carbons (Fsp3) is 0.667. The summed E-state index contributed by atoms with van der Waals surface area (Å²) in [5.74, 6) is -0.290. The van der Waals surface area contributed by atoms with Gasteiger partial charge >= 0.3 is 6.03 Å². The molecule has 0 aromatic carbocycles. The Morgan fingerprint density at radius 2 is 2.18 bits per heavy atom. The highest BCUT2D eigenvalue weighted by atomic mass is 16.5. The summed E-state index contributed by atoms with van der Waals surface area (Å²) in [6.07, 6.45) is 0. The zero-order chi connectivity index (χ0) is 8.43. The SMILES string of the molecule is CC(=O)N1COCN(C)C1=O. The van der Waals surface area contributed by atoms with Crippen LogP contribution in [0.1, 0.15) is 6.92 Å². The first kappa shape index (κ1) is 8.00. The highest BCUT2D eigenvalue weighted by Crippen LogP contribution is 2.03. The van der Waals surface area contributed by atoms with Gasteiger partial charge in [-0.05, 0) is 0 Å². The number of hydrogen-bond acceptors (Lipinski definition) is 3. The lowest BCUT2D eigenvalue weighted by Crippen LogP contribution is -2.50. The van der Waals surface area contributed by atoms with Crippen molar-refractivity contribution in [3.63, 3.8) is 0 Å². The van der Waals surface area contributed by atoms with E-state index < -0.39 is 0 Å². The van der Waals surface area contributed by atoms with Gasteiger partial charge in [-0.2, -0.15) is 0 Å². The van der Waals surface area contributed by atoms with Crippen molar-refractivity contribution < 1.29 is 14.3 Å². The lowest BCUT2D eigenvalue weighted by Gasteiger charge is -2.30. The van der Waals surface area contributed by atoms with E-state index in [0.717, 1.165) is 4.90 Å². The molecule has 0 aliphatic carbocycles. The Bertz CT molecular complexity index is 192. The fourth-order valence-corrected chi connectivity index (χ4v) is 0.811. The van der Waals surface area contributed by atoms with Crippen LogP contribution in [0.5, 0.6) is 0 Å². The van der Waals surface area contributed by atoms with Crippen LogP contribution in [-0.2, 0) is 9.53 Å². The van der Waals surface area contributed by atoms with Gasteiger partial charge in [0.25, 0.3) is 0 Å². The number of carbonyl (C=O) groups excluding carboxylic acids is 2. The van der Waals surface area contributed by atoms with Gasteiger partial charge in [0.15, 0.2) is 0 Å². The summed E-state index contributed by atoms with van der Waals surface area (Å²) in [6, 6.07) is -0.302. The maximum atomic E-state index is 11.1. The topological polar surface area (TPSA) is 49.9 Å². The predicted molar refractivity (Wildman–Crippen MR) is 36.5 cm³/mol. The molecule has 0 atom stereocenters. The lowest BCUT2D eigenvalue weighted by atomic mass is 10.5. The molecule has 5 nitrogen and oxygen atoms in total. The summed E-state index contributed by atoms with van der Waals surface area (Å²) in [7, 11) is 1.58. The molecule has 1 rings (SSSR count). The van der Waals surface area contributed by atoms with Crippen LogP contribution in [0.2, 0.25) is 0 Å². The second kappa shape index (κ2) is 2.87. The third kappa shape index (κ3) is 1.48. The van der Waals surface area contributed by atoms with E-state index in [1.165, 1.54) is 11.8 Å². The third-order valence-electron chi connectivity index (χ3n) is 1.44. The zero-order valence-corrected chi connectivity index (χ0v) is 6.53. The molecule has 1 saturated heterocycles. The first-order valence-corrected chi connectivity index (χ1v) is 3.24. The molecule has 0 bridgehead atoms. The van der Waals surface area contributed by atoms with Gasteiger partial charge in [-0.15, -0.1) is 0 Å². The van der Waals surface area contributed by atoms with Crippen molar-refractivity contribution in [3.8, 4) is 0 Å². The lowest BCUT2D eigenvalue weighted by molar-refractivity contribution is -0.136. The van der Waals surface area contributed by atoms with Crippen LogP contribution in [-0.4, -0.2) is 42.2 Å². The van der Waals surface area contributed by atoms with Crippen molar-refractivity contribution in [2.24, 2.45) is 0 Å². The molecule has 0 unspecified atom stereocenters. The molecule has 0 aromatic rings. The van der Waals surface area contributed by atoms with E-state index in [-0.39, 0.29) is 25.4 Å². The van der Waals surface area contributed by atoms with Crippen molar-refractivity contribution in [1.29, 1.82) is 0 Å². The number of carbonyl (C=O) groups is 2. The number of ether oxygens (including phenoxy) is 1. The smallest absolute Gasteiger partial charge is 0.330 e. The summed E-state index contributed by atoms with van der Waals surface area (Å²) < 4.78 is 4.94. The average Bonchev–Trinajstić information content (AvgIpc) is 1.94. The van der Waals surface area contributed by atoms with Crippen LogP contribution in [0.25, 0.3) is 0 Å². The van der Waals surface area contributed by atoms with Crippen molar-refractivity contribution >= 4 is 11.9 Å². The highest BCUT2D eigenvalue weighted by Gasteiger charge is 2.25. The van der Waals surface area contributed by atoms with Crippen molar-refractivity contribution in [2.75, 3.05) is 20.5 Å². The Balaban J connectivity index is 2.66. The number of urea groups is 1. The predicted octanol–water partition coefficient (Wildman–Crippen LogP) is -0.168. The molecule has 0 N–H and O–H groups in total. The maximum absolute atomic E-state index is 11.1. The molecule has 0 radical (unpaired) electrons. The Hall–Kier alpha value is -1.10. The third-order valence-corrected chi connectivity index (χ3v) is 1.44. The first-order chi connectivity index (χ1) is 5.13. The molecule has 62 valence electrons. The molecule has 1 aliphatic rings. The zero-order valence-electron chi connectivity index (χ0n) is 6.53. The van der Waals surface area contributed by atoms with E-state index in [2.05, 4.69) is 0 Å². The van der Waals surface area contributed by atoms with Crippen LogP contribution >= 0.6 is 0 Å². The standard InChI is InChI=1S/C6H10N2O3/c1-5(9)8-4-11-3-7(2)6(8)10/h3-4H2,1-2H3. The average molecular weight is 158 g/mol. The summed E-state index contributed by atoms with van der Waals surface area (Å²) in [6.45, 7) is 1.65. The van der Waals surface area contributed by atoms with Gasteiger partial charge in [-0.3, -0.25) is 4.79 Å². The van der Waals surface area contributed by atoms with E-state index in [4.69, 9.17) is 4.74 Å². The summed E-state index contributed by atoms with van der Waals surface area (Å²) >= 11 is 0. The Morgan fingerprint density at radius 3 is 2.64 bits per heavy atom. The Kier molecular flexibility index (Phi) is 2.09. The number of imide groups is 1. The minimum atomic E-state index is -0.302. The van der Waals surface area contributed by atoms with Crippen LogP contribution in [0.4, 0.5) is 4.79 Å². The van der Waals surface area contributed by atoms with Gasteiger partial charge in [-0.25, -0.2) is 9.69 Å². The minimum absolute atomic E-state index is 0.0680. The van der Waals surface area contributed by atoms with Gasteiger partial charge in [0.2, 0.25) is 5.91 Å². The van der Waals surface area contributed by atoms with Gasteiger partial charge in [0.1, 0.15) is 13.5 Å². The number of nitrogens with zero attached hydrogens (tertiary/aromatic N) is 2. The molecule has 0 saturated carbocycles. The van der Waals surface area contributed by atoms with E-state index in [0.29, 0.717) is 0 Å². The molecular formula is C6H10N2O3. The normalized spacial score (nSPS) is 18.9. The quantitative estimate of drug-likeness (QED) is 0.492. The Morgan fingerprint density at radius 1 is 1.55 bits per heavy atom. The second-order valence-electron chi connectivity index (χ2n) is 2.39. The fourth-order valence-electron chi connectivity index (χ4n) is 0.811. The van der Waals surface area contributed by atoms with E-state index in [1.54, 1.807) is 7.05 Å². The van der Waals surface area contributed by atoms with E-state index in [9.17, 15) is 9.59 Å². The van der Waals surface area contributed by atoms with Crippen LogP contribution in [0.15, 0.2) is 0 Å². The van der Waals surface area contributed by atoms with Crippen molar-refractivity contribution in [3.05, 3.63) is 0 Å². The van der Waals surface area contributed by atoms with Gasteiger partial charge in [0, 0.05) is 14.0 Å². The van der Waals surface area contributed by atoms with Crippen molar-refractivity contribution in [1.82, 2.24) is 9.80 Å². The molecule has 0 aromatic heterocycles. The van der Waals surface area contributed by atoms with E-state index >= 15 is 0 Å². The number of hydrogen-bond donors (Lipinski definition) is 0. The molecule has 1 fully saturated rings. The Labute approximate surface area is 64.5 Å². The first-order valence-electron chi connectivity index (χ1n) is 3.24. The number of amides is 3. The maximum Gasteiger partial charge on any atom is 0.330 e. The molecule has 0 spiro atoms. The minimum Gasteiger partial charge on any atom is -0.340 e. The monoisotopic (exact) mass is 158 g/mol. The van der Waals surface area contributed by atoms with E-state index in [1.807, 2.05) is 0 Å². The van der Waals surface area contributed by atoms with Crippen LogP contribution < -0.4 is 0 Å². The van der Waals surface area contributed by atoms with Gasteiger partial charge in [-0.1, -0.05) is 0 Å². The summed E-state index contributed by atoms with van der Waals surface area (Å²) in [5, 5.41) is 0. The highest BCUT2D eigenvalue weighted by molar-refractivity contribution is 5.93. The summed E-state index contributed by atoms with van der Waals surface area (Å²) in [5.41, 5.74) is 0. The molecule has 1 aliphatic heterocycles. The molecule has 3 amide bonds. The van der Waals surface area contributed by atoms with Crippen LogP contribution in [0.3, 0.4) is 0 Å². The summed E-state index contributed by atoms with van der Waals surface area (Å²) in [4.78, 5) is 24.3. The van der Waals surface area contributed by atoms with Gasteiger partial charge < -0.3 is 9.64 Å². The molecule has 5 heteroatoms. The second-order valence-corrected chi connectivity index (χ2v) is 2.39. The van der Waals surface area contributed by atoms with Crippen LogP contribution in [0, 0.1) is 0 Å². The largest absolute Gasteiger partial charge is 0.340 e. The number of rotatable bonds is 0. The van der Waals surface area contributed by atoms with Gasteiger partial charge in [0.05, 0.1) is 0 Å².